The molecule has 0 radical (unpaired) electrons. The molecular weight excluding hydrogens is 328 g/mol. The third-order valence-electron chi connectivity index (χ3n) is 4.46. The summed E-state index contributed by atoms with van der Waals surface area (Å²) in [5, 5.41) is 11.0. The minimum Gasteiger partial charge on any atom is -0.356 e. The first-order valence-electron chi connectivity index (χ1n) is 8.70. The van der Waals surface area contributed by atoms with Crippen molar-refractivity contribution in [1.82, 2.24) is 19.9 Å². The van der Waals surface area contributed by atoms with E-state index in [9.17, 15) is 9.59 Å². The van der Waals surface area contributed by atoms with Crippen molar-refractivity contribution >= 4 is 17.3 Å². The van der Waals surface area contributed by atoms with Crippen LogP contribution in [-0.2, 0) is 11.2 Å². The van der Waals surface area contributed by atoms with Crippen molar-refractivity contribution in [2.24, 2.45) is 0 Å². The second kappa shape index (κ2) is 7.91. The van der Waals surface area contributed by atoms with Crippen molar-refractivity contribution in [2.45, 2.75) is 33.1 Å². The fourth-order valence-electron chi connectivity index (χ4n) is 2.75. The summed E-state index contributed by atoms with van der Waals surface area (Å²) in [6.07, 6.45) is 2.88. The van der Waals surface area contributed by atoms with E-state index < -0.39 is 0 Å². The summed E-state index contributed by atoms with van der Waals surface area (Å²) in [4.78, 5) is 24.2. The maximum Gasteiger partial charge on any atom is 0.220 e. The molecule has 2 heterocycles. The molecule has 0 saturated heterocycles. The topological polar surface area (TPSA) is 76.4 Å². The molecule has 134 valence electrons. The summed E-state index contributed by atoms with van der Waals surface area (Å²) in [7, 11) is 0. The van der Waals surface area contributed by atoms with Crippen LogP contribution in [-0.4, -0.2) is 32.8 Å². The Bertz CT molecular complexity index is 946. The Kier molecular flexibility index (Phi) is 5.41. The van der Waals surface area contributed by atoms with Gasteiger partial charge in [0.2, 0.25) is 5.91 Å². The number of hydrogen-bond acceptors (Lipinski definition) is 4. The number of amides is 1. The monoisotopic (exact) mass is 350 g/mol. The third kappa shape index (κ3) is 4.14. The standard InChI is InChI=1S/C20H22N4O2/c1-14-6-7-16(13-15(14)2)17(25)8-9-20(26)21-11-10-19-23-22-18-5-3-4-12-24(18)19/h3-7,12-13H,8-11H2,1-2H3,(H,21,26). The van der Waals surface area contributed by atoms with Crippen LogP contribution in [0, 0.1) is 13.8 Å². The number of aryl methyl sites for hydroxylation is 2. The molecule has 0 atom stereocenters. The maximum absolute atomic E-state index is 12.2. The highest BCUT2D eigenvalue weighted by Crippen LogP contribution is 2.12. The Morgan fingerprint density at radius 3 is 2.69 bits per heavy atom. The van der Waals surface area contributed by atoms with E-state index in [0.717, 1.165) is 22.6 Å². The highest BCUT2D eigenvalue weighted by Gasteiger charge is 2.11. The molecule has 3 rings (SSSR count). The number of ketones is 1. The lowest BCUT2D eigenvalue weighted by Gasteiger charge is -2.06. The van der Waals surface area contributed by atoms with Crippen LogP contribution < -0.4 is 5.32 Å². The Hall–Kier alpha value is -3.02. The van der Waals surface area contributed by atoms with Gasteiger partial charge in [-0.2, -0.15) is 0 Å². The number of carbonyl (C=O) groups is 2. The summed E-state index contributed by atoms with van der Waals surface area (Å²) < 4.78 is 1.90. The van der Waals surface area contributed by atoms with Crippen molar-refractivity contribution in [3.05, 3.63) is 65.1 Å². The lowest BCUT2D eigenvalue weighted by atomic mass is 10.0. The van der Waals surface area contributed by atoms with E-state index >= 15 is 0 Å². The number of pyridine rings is 1. The summed E-state index contributed by atoms with van der Waals surface area (Å²) >= 11 is 0. The van der Waals surface area contributed by atoms with Gasteiger partial charge < -0.3 is 5.32 Å². The van der Waals surface area contributed by atoms with Gasteiger partial charge in [-0.25, -0.2) is 0 Å². The maximum atomic E-state index is 12.2. The van der Waals surface area contributed by atoms with Crippen molar-refractivity contribution in [3.63, 3.8) is 0 Å². The highest BCUT2D eigenvalue weighted by atomic mass is 16.2. The van der Waals surface area contributed by atoms with E-state index in [2.05, 4.69) is 15.5 Å². The predicted molar refractivity (Wildman–Crippen MR) is 99.2 cm³/mol. The SMILES string of the molecule is Cc1ccc(C(=O)CCC(=O)NCCc2nnc3ccccn23)cc1C. The molecule has 3 aromatic rings. The van der Waals surface area contributed by atoms with Crippen LogP contribution in [0.2, 0.25) is 0 Å². The van der Waals surface area contributed by atoms with Gasteiger partial charge in [-0.3, -0.25) is 14.0 Å². The first kappa shape index (κ1) is 17.8. The lowest BCUT2D eigenvalue weighted by molar-refractivity contribution is -0.121. The molecule has 1 aromatic carbocycles. The second-order valence-corrected chi connectivity index (χ2v) is 6.37. The smallest absolute Gasteiger partial charge is 0.220 e. The summed E-state index contributed by atoms with van der Waals surface area (Å²) in [6.45, 7) is 4.45. The fraction of sp³-hybridized carbons (Fsp3) is 0.300. The number of hydrogen-bond donors (Lipinski definition) is 1. The van der Waals surface area contributed by atoms with Gasteiger partial charge in [-0.1, -0.05) is 18.2 Å². The third-order valence-corrected chi connectivity index (χ3v) is 4.46. The van der Waals surface area contributed by atoms with Crippen LogP contribution in [0.15, 0.2) is 42.6 Å². The number of nitrogens with zero attached hydrogens (tertiary/aromatic N) is 3. The number of aromatic nitrogens is 3. The van der Waals surface area contributed by atoms with Crippen LogP contribution in [0.1, 0.15) is 40.2 Å². The van der Waals surface area contributed by atoms with Crippen LogP contribution in [0.5, 0.6) is 0 Å². The number of rotatable bonds is 7. The molecule has 0 saturated carbocycles. The Morgan fingerprint density at radius 2 is 1.88 bits per heavy atom. The Labute approximate surface area is 152 Å². The number of carbonyl (C=O) groups excluding carboxylic acids is 2. The minimum atomic E-state index is -0.129. The average Bonchev–Trinajstić information content (AvgIpc) is 3.05. The predicted octanol–water partition coefficient (Wildman–Crippen LogP) is 2.67. The van der Waals surface area contributed by atoms with E-state index in [4.69, 9.17) is 0 Å². The first-order valence-corrected chi connectivity index (χ1v) is 8.70. The van der Waals surface area contributed by atoms with Crippen LogP contribution in [0.4, 0.5) is 0 Å². The molecule has 6 nitrogen and oxygen atoms in total. The normalized spacial score (nSPS) is 10.8. The zero-order chi connectivity index (χ0) is 18.5. The molecule has 0 bridgehead atoms. The molecule has 1 amide bonds. The van der Waals surface area contributed by atoms with Crippen LogP contribution in [0.25, 0.3) is 5.65 Å². The fourth-order valence-corrected chi connectivity index (χ4v) is 2.75. The van der Waals surface area contributed by atoms with Crippen LogP contribution in [0.3, 0.4) is 0 Å². The van der Waals surface area contributed by atoms with Crippen molar-refractivity contribution in [3.8, 4) is 0 Å². The minimum absolute atomic E-state index is 0.00768. The number of Topliss-reactive ketones (excluding diaryl/α,β-unsaturated/α-hetero) is 1. The Morgan fingerprint density at radius 1 is 1.04 bits per heavy atom. The quantitative estimate of drug-likeness (QED) is 0.665. The van der Waals surface area contributed by atoms with Gasteiger partial charge in [-0.05, 0) is 43.2 Å². The van der Waals surface area contributed by atoms with Crippen molar-refractivity contribution < 1.29 is 9.59 Å². The Balaban J connectivity index is 1.45. The second-order valence-electron chi connectivity index (χ2n) is 6.37. The van der Waals surface area contributed by atoms with E-state index in [0.29, 0.717) is 18.5 Å². The summed E-state index contributed by atoms with van der Waals surface area (Å²) in [6, 6.07) is 11.3. The molecule has 26 heavy (non-hydrogen) atoms. The van der Waals surface area contributed by atoms with Gasteiger partial charge in [0.25, 0.3) is 0 Å². The van der Waals surface area contributed by atoms with Gasteiger partial charge in [0.15, 0.2) is 11.4 Å². The largest absolute Gasteiger partial charge is 0.356 e. The van der Waals surface area contributed by atoms with E-state index in [1.165, 1.54) is 0 Å². The van der Waals surface area contributed by atoms with Crippen molar-refractivity contribution in [2.75, 3.05) is 6.54 Å². The molecule has 0 aliphatic carbocycles. The number of benzene rings is 1. The first-order chi connectivity index (χ1) is 12.5. The number of nitrogens with one attached hydrogen (secondary N) is 1. The molecule has 2 aromatic heterocycles. The van der Waals surface area contributed by atoms with Crippen molar-refractivity contribution in [1.29, 1.82) is 0 Å². The number of fused-ring (bicyclic) bond motifs is 1. The highest BCUT2D eigenvalue weighted by molar-refractivity contribution is 5.98. The molecular formula is C20H22N4O2. The van der Waals surface area contributed by atoms with Gasteiger partial charge in [0, 0.05) is 37.6 Å². The molecule has 0 spiro atoms. The summed E-state index contributed by atoms with van der Waals surface area (Å²) in [5.74, 6) is 0.662. The van der Waals surface area contributed by atoms with Gasteiger partial charge in [0.1, 0.15) is 5.82 Å². The van der Waals surface area contributed by atoms with Gasteiger partial charge in [-0.15, -0.1) is 10.2 Å². The van der Waals surface area contributed by atoms with E-state index in [1.54, 1.807) is 0 Å². The molecule has 0 aliphatic rings. The van der Waals surface area contributed by atoms with E-state index in [-0.39, 0.29) is 24.5 Å². The van der Waals surface area contributed by atoms with Gasteiger partial charge in [0.05, 0.1) is 0 Å². The molecule has 1 N–H and O–H groups in total. The van der Waals surface area contributed by atoms with E-state index in [1.807, 2.05) is 60.8 Å². The molecule has 6 heteroatoms. The van der Waals surface area contributed by atoms with Crippen LogP contribution >= 0.6 is 0 Å². The average molecular weight is 350 g/mol. The molecule has 0 fully saturated rings. The van der Waals surface area contributed by atoms with Gasteiger partial charge >= 0.3 is 0 Å². The zero-order valence-electron chi connectivity index (χ0n) is 15.0. The molecule has 0 aliphatic heterocycles. The molecule has 0 unspecified atom stereocenters. The lowest BCUT2D eigenvalue weighted by Crippen LogP contribution is -2.26. The summed E-state index contributed by atoms with van der Waals surface area (Å²) in [5.41, 5.74) is 3.68. The zero-order valence-corrected chi connectivity index (χ0v) is 15.0.